The van der Waals surface area contributed by atoms with E-state index in [9.17, 15) is 17.2 Å². The summed E-state index contributed by atoms with van der Waals surface area (Å²) in [6.45, 7) is 0. The van der Waals surface area contributed by atoms with Crippen LogP contribution in [0.1, 0.15) is 17.7 Å². The van der Waals surface area contributed by atoms with Crippen LogP contribution < -0.4 is 0 Å². The quantitative estimate of drug-likeness (QED) is 0.617. The number of hydrogen-bond donors (Lipinski definition) is 0. The molecule has 0 unspecified atom stereocenters. The minimum absolute atomic E-state index is 0.0663. The smallest absolute Gasteiger partial charge is 0.238 e. The Balaban J connectivity index is 3.74. The first kappa shape index (κ1) is 13.3. The molecule has 0 atom stereocenters. The lowest BCUT2D eigenvalue weighted by Crippen LogP contribution is -2.05. The Labute approximate surface area is 102 Å². The van der Waals surface area contributed by atoms with Crippen LogP contribution in [-0.2, 0) is 9.05 Å². The third-order valence-corrected chi connectivity index (χ3v) is 3.32. The third-order valence-electron chi connectivity index (χ3n) is 1.54. The van der Waals surface area contributed by atoms with Crippen LogP contribution >= 0.6 is 26.6 Å². The van der Waals surface area contributed by atoms with Crippen LogP contribution in [-0.4, -0.2) is 13.4 Å². The van der Waals surface area contributed by atoms with E-state index in [0.717, 1.165) is 6.07 Å². The maximum atomic E-state index is 12.5. The molecule has 0 bridgehead atoms. The van der Waals surface area contributed by atoms with Crippen molar-refractivity contribution in [1.82, 2.24) is 4.98 Å². The summed E-state index contributed by atoms with van der Waals surface area (Å²) in [6, 6.07) is 2.47. The highest BCUT2D eigenvalue weighted by atomic mass is 79.9. The number of hydrogen-bond acceptors (Lipinski definition) is 4. The fourth-order valence-corrected chi connectivity index (χ4v) is 2.67. The summed E-state index contributed by atoms with van der Waals surface area (Å²) >= 11 is 2.79. The molecule has 0 N–H and O–H groups in total. The second-order valence-electron chi connectivity index (χ2n) is 2.56. The molecule has 4 nitrogen and oxygen atoms in total. The van der Waals surface area contributed by atoms with E-state index >= 15 is 0 Å². The van der Waals surface area contributed by atoms with Crippen molar-refractivity contribution in [2.75, 3.05) is 0 Å². The lowest BCUT2D eigenvalue weighted by molar-refractivity contribution is 0.142. The number of pyridine rings is 1. The zero-order chi connectivity index (χ0) is 12.5. The molecule has 1 rings (SSSR count). The molecule has 86 valence electrons. The van der Waals surface area contributed by atoms with Gasteiger partial charge in [-0.15, -0.1) is 0 Å². The minimum atomic E-state index is -4.45. The highest BCUT2D eigenvalue weighted by molar-refractivity contribution is 9.10. The number of aromatic nitrogens is 1. The summed E-state index contributed by atoms with van der Waals surface area (Å²) in [7, 11) is 0.525. The molecule has 0 aliphatic rings. The van der Waals surface area contributed by atoms with Gasteiger partial charge in [0.05, 0.1) is 5.56 Å². The van der Waals surface area contributed by atoms with Crippen LogP contribution in [0.5, 0.6) is 0 Å². The van der Waals surface area contributed by atoms with Crippen molar-refractivity contribution < 1.29 is 17.2 Å². The summed E-state index contributed by atoms with van der Waals surface area (Å²) in [5, 5.41) is 8.65. The van der Waals surface area contributed by atoms with Crippen molar-refractivity contribution in [3.63, 3.8) is 0 Å². The average Bonchev–Trinajstić information content (AvgIpc) is 2.14. The van der Waals surface area contributed by atoms with Gasteiger partial charge in [0, 0.05) is 10.7 Å². The van der Waals surface area contributed by atoms with Crippen molar-refractivity contribution in [3.05, 3.63) is 21.9 Å². The van der Waals surface area contributed by atoms with Gasteiger partial charge in [-0.25, -0.2) is 22.2 Å². The molecule has 1 aromatic heterocycles. The van der Waals surface area contributed by atoms with Crippen molar-refractivity contribution in [2.45, 2.75) is 11.3 Å². The summed E-state index contributed by atoms with van der Waals surface area (Å²) in [5.74, 6) is 0. The first-order valence-electron chi connectivity index (χ1n) is 3.60. The average molecular weight is 332 g/mol. The van der Waals surface area contributed by atoms with Crippen molar-refractivity contribution in [1.29, 1.82) is 5.26 Å². The van der Waals surface area contributed by atoms with Gasteiger partial charge in [-0.1, -0.05) is 0 Å². The Bertz CT molecular complexity index is 570. The van der Waals surface area contributed by atoms with Crippen molar-refractivity contribution >= 4 is 35.7 Å². The van der Waals surface area contributed by atoms with E-state index in [0.29, 0.717) is 0 Å². The zero-order valence-corrected chi connectivity index (χ0v) is 10.4. The molecule has 0 saturated carbocycles. The number of nitrogens with zero attached hydrogens (tertiary/aromatic N) is 2. The van der Waals surface area contributed by atoms with E-state index in [1.54, 1.807) is 0 Å². The largest absolute Gasteiger partial charge is 0.281 e. The lowest BCUT2D eigenvalue weighted by Gasteiger charge is -2.07. The Morgan fingerprint density at radius 2 is 2.12 bits per heavy atom. The molecular formula is C7H2BrClF2N2O2S. The summed E-state index contributed by atoms with van der Waals surface area (Å²) < 4.78 is 47.2. The van der Waals surface area contributed by atoms with Gasteiger partial charge in [0.25, 0.3) is 15.5 Å². The third kappa shape index (κ3) is 2.66. The normalized spacial score (nSPS) is 11.5. The summed E-state index contributed by atoms with van der Waals surface area (Å²) in [5.41, 5.74) is -1.52. The van der Waals surface area contributed by atoms with Gasteiger partial charge in [-0.05, 0) is 22.0 Å². The molecule has 0 amide bonds. The fourth-order valence-electron chi connectivity index (χ4n) is 1.01. The van der Waals surface area contributed by atoms with Crippen LogP contribution in [0.15, 0.2) is 15.6 Å². The molecule has 0 saturated heterocycles. The second-order valence-corrected chi connectivity index (χ2v) is 5.87. The molecule has 0 fully saturated rings. The monoisotopic (exact) mass is 330 g/mol. The van der Waals surface area contributed by atoms with E-state index in [4.69, 9.17) is 15.9 Å². The predicted octanol–water partition coefficient (Wildman–Crippen LogP) is 2.58. The summed E-state index contributed by atoms with van der Waals surface area (Å²) in [4.78, 5) is 2.35. The minimum Gasteiger partial charge on any atom is -0.238 e. The van der Waals surface area contributed by atoms with E-state index in [1.807, 2.05) is 0 Å². The highest BCUT2D eigenvalue weighted by Crippen LogP contribution is 2.31. The number of rotatable bonds is 2. The van der Waals surface area contributed by atoms with Gasteiger partial charge >= 0.3 is 0 Å². The van der Waals surface area contributed by atoms with Crippen LogP contribution in [0.2, 0.25) is 0 Å². The fraction of sp³-hybridized carbons (Fsp3) is 0.143. The molecule has 0 aliphatic heterocycles. The van der Waals surface area contributed by atoms with Gasteiger partial charge in [-0.2, -0.15) is 5.26 Å². The van der Waals surface area contributed by atoms with Gasteiger partial charge in [0.15, 0.2) is 0 Å². The zero-order valence-electron chi connectivity index (χ0n) is 7.29. The first-order valence-corrected chi connectivity index (χ1v) is 6.71. The van der Waals surface area contributed by atoms with Crippen molar-refractivity contribution in [2.24, 2.45) is 0 Å². The van der Waals surface area contributed by atoms with Crippen LogP contribution in [0.3, 0.4) is 0 Å². The van der Waals surface area contributed by atoms with E-state index in [2.05, 4.69) is 20.9 Å². The summed E-state index contributed by atoms with van der Waals surface area (Å²) in [6.07, 6.45) is -3.15. The number of halogens is 4. The predicted molar refractivity (Wildman–Crippen MR) is 54.6 cm³/mol. The van der Waals surface area contributed by atoms with E-state index in [-0.39, 0.29) is 4.60 Å². The van der Waals surface area contributed by atoms with Gasteiger partial charge in [0.1, 0.15) is 21.3 Å². The van der Waals surface area contributed by atoms with Gasteiger partial charge < -0.3 is 0 Å². The molecule has 0 radical (unpaired) electrons. The number of alkyl halides is 2. The molecule has 0 aromatic carbocycles. The Morgan fingerprint density at radius 3 is 2.50 bits per heavy atom. The molecule has 16 heavy (non-hydrogen) atoms. The van der Waals surface area contributed by atoms with Crippen molar-refractivity contribution in [3.8, 4) is 6.07 Å². The first-order chi connectivity index (χ1) is 7.27. The molecule has 1 heterocycles. The topological polar surface area (TPSA) is 70.8 Å². The Morgan fingerprint density at radius 1 is 1.56 bits per heavy atom. The van der Waals surface area contributed by atoms with E-state index in [1.165, 1.54) is 6.07 Å². The van der Waals surface area contributed by atoms with Crippen LogP contribution in [0.4, 0.5) is 8.78 Å². The Kier molecular flexibility index (Phi) is 3.83. The van der Waals surface area contributed by atoms with Crippen LogP contribution in [0, 0.1) is 11.3 Å². The SMILES string of the molecule is N#Cc1cc(Br)nc(C(F)F)c1S(=O)(=O)Cl. The standard InChI is InChI=1S/C7H2BrClF2N2O2S/c8-4-1-3(2-12)6(16(9,14)15)5(13-4)7(10)11/h1,7H. The van der Waals surface area contributed by atoms with Gasteiger partial charge in [-0.3, -0.25) is 0 Å². The van der Waals surface area contributed by atoms with Crippen LogP contribution in [0.25, 0.3) is 0 Å². The molecule has 9 heteroatoms. The molecule has 0 aliphatic carbocycles. The molecule has 1 aromatic rings. The second kappa shape index (κ2) is 4.61. The Hall–Kier alpha value is -0.780. The maximum Gasteiger partial charge on any atom is 0.281 e. The highest BCUT2D eigenvalue weighted by Gasteiger charge is 2.27. The van der Waals surface area contributed by atoms with Gasteiger partial charge in [0.2, 0.25) is 0 Å². The number of nitriles is 1. The maximum absolute atomic E-state index is 12.5. The van der Waals surface area contributed by atoms with E-state index < -0.39 is 31.6 Å². The molecule has 0 spiro atoms. The molecular weight excluding hydrogens is 330 g/mol. The lowest BCUT2D eigenvalue weighted by atomic mass is 10.2.